The highest BCUT2D eigenvalue weighted by Crippen LogP contribution is 2.08. The summed E-state index contributed by atoms with van der Waals surface area (Å²) in [5.41, 5.74) is 0. The number of halogens is 2. The summed E-state index contributed by atoms with van der Waals surface area (Å²) in [6.45, 7) is 1.71. The molecule has 0 radical (unpaired) electrons. The quantitative estimate of drug-likeness (QED) is 0.689. The number of carbonyl (C=O) groups excluding carboxylic acids is 1. The molecular weight excluding hydrogens is 178 g/mol. The van der Waals surface area contributed by atoms with Crippen LogP contribution in [0.5, 0.6) is 0 Å². The zero-order valence-corrected chi connectivity index (χ0v) is 7.59. The standard InChI is InChI=1S/C8H14F2N2O/c1-12-4-2-6(3-5-12)11-8(13)7(9)10/h6-7H,2-5H2,1H3,(H,11,13). The molecule has 0 saturated carbocycles. The van der Waals surface area contributed by atoms with Crippen molar-refractivity contribution in [1.82, 2.24) is 10.2 Å². The van der Waals surface area contributed by atoms with Crippen LogP contribution in [0.2, 0.25) is 0 Å². The number of hydrogen-bond donors (Lipinski definition) is 1. The van der Waals surface area contributed by atoms with Crippen LogP contribution in [0.15, 0.2) is 0 Å². The van der Waals surface area contributed by atoms with Crippen molar-refractivity contribution in [2.75, 3.05) is 20.1 Å². The summed E-state index contributed by atoms with van der Waals surface area (Å²) in [6, 6.07) is -0.0716. The van der Waals surface area contributed by atoms with Gasteiger partial charge in [-0.2, -0.15) is 8.78 Å². The first-order valence-electron chi connectivity index (χ1n) is 4.36. The van der Waals surface area contributed by atoms with Gasteiger partial charge in [-0.3, -0.25) is 4.79 Å². The van der Waals surface area contributed by atoms with Crippen molar-refractivity contribution in [2.24, 2.45) is 0 Å². The lowest BCUT2D eigenvalue weighted by Gasteiger charge is -2.29. The largest absolute Gasteiger partial charge is 0.348 e. The van der Waals surface area contributed by atoms with Crippen molar-refractivity contribution in [1.29, 1.82) is 0 Å². The smallest absolute Gasteiger partial charge is 0.315 e. The average molecular weight is 192 g/mol. The minimum atomic E-state index is -2.89. The molecule has 0 unspecified atom stereocenters. The van der Waals surface area contributed by atoms with Gasteiger partial charge in [-0.05, 0) is 33.0 Å². The minimum absolute atomic E-state index is 0.0716. The van der Waals surface area contributed by atoms with Crippen molar-refractivity contribution < 1.29 is 13.6 Å². The van der Waals surface area contributed by atoms with E-state index in [4.69, 9.17) is 0 Å². The van der Waals surface area contributed by atoms with Gasteiger partial charge in [-0.1, -0.05) is 0 Å². The van der Waals surface area contributed by atoms with E-state index in [1.165, 1.54) is 0 Å². The maximum Gasteiger partial charge on any atom is 0.315 e. The van der Waals surface area contributed by atoms with Gasteiger partial charge in [0.15, 0.2) is 0 Å². The van der Waals surface area contributed by atoms with Crippen LogP contribution in [0, 0.1) is 0 Å². The fraction of sp³-hybridized carbons (Fsp3) is 0.875. The van der Waals surface area contributed by atoms with Crippen molar-refractivity contribution in [3.05, 3.63) is 0 Å². The lowest BCUT2D eigenvalue weighted by Crippen LogP contribution is -2.45. The molecule has 1 saturated heterocycles. The Hall–Kier alpha value is -0.710. The summed E-state index contributed by atoms with van der Waals surface area (Å²) in [7, 11) is 1.98. The average Bonchev–Trinajstić information content (AvgIpc) is 2.08. The number of rotatable bonds is 2. The Kier molecular flexibility index (Phi) is 3.59. The first kappa shape index (κ1) is 10.4. The number of nitrogens with zero attached hydrogens (tertiary/aromatic N) is 1. The molecule has 1 aliphatic heterocycles. The summed E-state index contributed by atoms with van der Waals surface area (Å²) in [5, 5.41) is 2.32. The van der Waals surface area contributed by atoms with E-state index in [9.17, 15) is 13.6 Å². The second-order valence-electron chi connectivity index (χ2n) is 3.39. The monoisotopic (exact) mass is 192 g/mol. The fourth-order valence-corrected chi connectivity index (χ4v) is 1.42. The van der Waals surface area contributed by atoms with Gasteiger partial charge >= 0.3 is 6.43 Å². The number of carbonyl (C=O) groups is 1. The second kappa shape index (κ2) is 4.50. The van der Waals surface area contributed by atoms with Gasteiger partial charge < -0.3 is 10.2 Å². The molecule has 0 atom stereocenters. The van der Waals surface area contributed by atoms with Crippen LogP contribution in [0.4, 0.5) is 8.78 Å². The van der Waals surface area contributed by atoms with Crippen LogP contribution < -0.4 is 5.32 Å². The molecule has 1 heterocycles. The van der Waals surface area contributed by atoms with Crippen LogP contribution in [0.3, 0.4) is 0 Å². The Labute approximate surface area is 76.1 Å². The van der Waals surface area contributed by atoms with Gasteiger partial charge in [0.1, 0.15) is 0 Å². The molecule has 1 aliphatic rings. The predicted molar refractivity (Wildman–Crippen MR) is 44.7 cm³/mol. The van der Waals surface area contributed by atoms with Gasteiger partial charge in [0, 0.05) is 6.04 Å². The molecule has 0 aromatic heterocycles. The predicted octanol–water partition coefficient (Wildman–Crippen LogP) is 0.462. The van der Waals surface area contributed by atoms with Crippen molar-refractivity contribution in [3.8, 4) is 0 Å². The van der Waals surface area contributed by atoms with Crippen LogP contribution >= 0.6 is 0 Å². The molecule has 0 bridgehead atoms. The zero-order chi connectivity index (χ0) is 9.84. The van der Waals surface area contributed by atoms with E-state index in [0.29, 0.717) is 0 Å². The van der Waals surface area contributed by atoms with Crippen molar-refractivity contribution in [3.63, 3.8) is 0 Å². The van der Waals surface area contributed by atoms with Crippen LogP contribution in [-0.4, -0.2) is 43.4 Å². The van der Waals surface area contributed by atoms with Crippen molar-refractivity contribution in [2.45, 2.75) is 25.3 Å². The Morgan fingerprint density at radius 2 is 2.00 bits per heavy atom. The highest BCUT2D eigenvalue weighted by atomic mass is 19.3. The third kappa shape index (κ3) is 3.26. The Morgan fingerprint density at radius 3 is 2.46 bits per heavy atom. The van der Waals surface area contributed by atoms with Crippen LogP contribution in [-0.2, 0) is 4.79 Å². The zero-order valence-electron chi connectivity index (χ0n) is 7.59. The molecule has 0 aliphatic carbocycles. The number of piperidine rings is 1. The third-order valence-corrected chi connectivity index (χ3v) is 2.26. The van der Waals surface area contributed by atoms with Gasteiger partial charge in [0.25, 0.3) is 5.91 Å². The first-order chi connectivity index (χ1) is 6.09. The molecule has 1 N–H and O–H groups in total. The number of nitrogens with one attached hydrogen (secondary N) is 1. The molecule has 13 heavy (non-hydrogen) atoms. The number of likely N-dealkylation sites (tertiary alicyclic amines) is 1. The highest BCUT2D eigenvalue weighted by Gasteiger charge is 2.22. The van der Waals surface area contributed by atoms with E-state index in [2.05, 4.69) is 10.2 Å². The second-order valence-corrected chi connectivity index (χ2v) is 3.39. The SMILES string of the molecule is CN1CCC(NC(=O)C(F)F)CC1. The van der Waals surface area contributed by atoms with Crippen LogP contribution in [0.25, 0.3) is 0 Å². The van der Waals surface area contributed by atoms with E-state index in [1.807, 2.05) is 7.05 Å². The first-order valence-corrected chi connectivity index (χ1v) is 4.36. The molecule has 0 aromatic rings. The molecule has 3 nitrogen and oxygen atoms in total. The van der Waals surface area contributed by atoms with E-state index in [1.54, 1.807) is 0 Å². The molecule has 1 amide bonds. The minimum Gasteiger partial charge on any atom is -0.348 e. The summed E-state index contributed by atoms with van der Waals surface area (Å²) in [5.74, 6) is -1.14. The van der Waals surface area contributed by atoms with Gasteiger partial charge in [0.05, 0.1) is 0 Å². The fourth-order valence-electron chi connectivity index (χ4n) is 1.42. The summed E-state index contributed by atoms with van der Waals surface area (Å²) < 4.78 is 23.7. The summed E-state index contributed by atoms with van der Waals surface area (Å²) >= 11 is 0. The molecule has 76 valence electrons. The number of amides is 1. The third-order valence-electron chi connectivity index (χ3n) is 2.26. The van der Waals surface area contributed by atoms with E-state index >= 15 is 0 Å². The van der Waals surface area contributed by atoms with Gasteiger partial charge in [0.2, 0.25) is 0 Å². The molecule has 5 heteroatoms. The van der Waals surface area contributed by atoms with Gasteiger partial charge in [-0.25, -0.2) is 0 Å². The molecule has 1 fully saturated rings. The lowest BCUT2D eigenvalue weighted by molar-refractivity contribution is -0.132. The summed E-state index contributed by atoms with van der Waals surface area (Å²) in [6.07, 6.45) is -1.37. The molecule has 0 spiro atoms. The maximum atomic E-state index is 11.8. The Balaban J connectivity index is 2.26. The topological polar surface area (TPSA) is 32.3 Å². The Bertz CT molecular complexity index is 179. The number of alkyl halides is 2. The van der Waals surface area contributed by atoms with E-state index in [-0.39, 0.29) is 6.04 Å². The maximum absolute atomic E-state index is 11.8. The van der Waals surface area contributed by atoms with Crippen LogP contribution in [0.1, 0.15) is 12.8 Å². The van der Waals surface area contributed by atoms with Crippen molar-refractivity contribution >= 4 is 5.91 Å². The van der Waals surface area contributed by atoms with Gasteiger partial charge in [-0.15, -0.1) is 0 Å². The van der Waals surface area contributed by atoms with E-state index in [0.717, 1.165) is 25.9 Å². The normalized spacial score (nSPS) is 20.6. The van der Waals surface area contributed by atoms with E-state index < -0.39 is 12.3 Å². The molecule has 0 aromatic carbocycles. The lowest BCUT2D eigenvalue weighted by atomic mass is 10.1. The molecule has 1 rings (SSSR count). The summed E-state index contributed by atoms with van der Waals surface area (Å²) in [4.78, 5) is 12.7. The highest BCUT2D eigenvalue weighted by molar-refractivity contribution is 5.79. The molecular formula is C8H14F2N2O. The number of hydrogen-bond acceptors (Lipinski definition) is 2. The Morgan fingerprint density at radius 1 is 1.46 bits per heavy atom.